The molecule has 0 fully saturated rings. The number of nitro groups is 1. The SMILES string of the molecule is CC(OC(=O)[C@@H](NC(=O)c1ccc([N+](=O)[O-])cc1Cl)C(C)C)C(=O)NC(=O)Nc1ccccc1. The van der Waals surface area contributed by atoms with E-state index < -0.39 is 46.8 Å². The number of para-hydroxylation sites is 1. The second-order valence-electron chi connectivity index (χ2n) is 7.50. The van der Waals surface area contributed by atoms with E-state index in [4.69, 9.17) is 16.3 Å². The van der Waals surface area contributed by atoms with Crippen LogP contribution in [0.1, 0.15) is 31.1 Å². The van der Waals surface area contributed by atoms with Crippen LogP contribution in [0.5, 0.6) is 0 Å². The fourth-order valence-corrected chi connectivity index (χ4v) is 2.98. The summed E-state index contributed by atoms with van der Waals surface area (Å²) in [5, 5.41) is 17.7. The van der Waals surface area contributed by atoms with E-state index in [1.165, 1.54) is 13.0 Å². The number of halogens is 1. The summed E-state index contributed by atoms with van der Waals surface area (Å²) in [6, 6.07) is 9.74. The van der Waals surface area contributed by atoms with E-state index in [9.17, 15) is 29.3 Å². The molecule has 11 nitrogen and oxygen atoms in total. The zero-order valence-corrected chi connectivity index (χ0v) is 19.3. The summed E-state index contributed by atoms with van der Waals surface area (Å²) in [6.07, 6.45) is -1.34. The number of nitrogens with zero attached hydrogens (tertiary/aromatic N) is 1. The molecule has 0 saturated carbocycles. The van der Waals surface area contributed by atoms with Crippen molar-refractivity contribution in [1.29, 1.82) is 0 Å². The van der Waals surface area contributed by atoms with E-state index >= 15 is 0 Å². The van der Waals surface area contributed by atoms with Crippen LogP contribution in [0.15, 0.2) is 48.5 Å². The fourth-order valence-electron chi connectivity index (χ4n) is 2.72. The molecule has 0 spiro atoms. The zero-order chi connectivity index (χ0) is 25.4. The van der Waals surface area contributed by atoms with Crippen molar-refractivity contribution in [3.63, 3.8) is 0 Å². The molecule has 0 aliphatic heterocycles. The summed E-state index contributed by atoms with van der Waals surface area (Å²) < 4.78 is 5.14. The maximum atomic E-state index is 12.6. The number of amides is 4. The predicted octanol–water partition coefficient (Wildman–Crippen LogP) is 3.28. The van der Waals surface area contributed by atoms with Crippen LogP contribution in [0.3, 0.4) is 0 Å². The lowest BCUT2D eigenvalue weighted by Gasteiger charge is -2.23. The highest BCUT2D eigenvalue weighted by atomic mass is 35.5. The van der Waals surface area contributed by atoms with Gasteiger partial charge in [-0.05, 0) is 31.0 Å². The van der Waals surface area contributed by atoms with E-state index in [2.05, 4.69) is 16.0 Å². The third kappa shape index (κ3) is 7.27. The van der Waals surface area contributed by atoms with Crippen LogP contribution in [0.25, 0.3) is 0 Å². The van der Waals surface area contributed by atoms with E-state index in [-0.39, 0.29) is 16.3 Å². The number of anilines is 1. The Labute approximate surface area is 200 Å². The Kier molecular flexibility index (Phi) is 9.08. The Morgan fingerprint density at radius 3 is 2.24 bits per heavy atom. The van der Waals surface area contributed by atoms with Gasteiger partial charge < -0.3 is 15.4 Å². The molecule has 3 N–H and O–H groups in total. The van der Waals surface area contributed by atoms with E-state index in [0.717, 1.165) is 12.1 Å². The maximum Gasteiger partial charge on any atom is 0.329 e. The molecule has 34 heavy (non-hydrogen) atoms. The molecule has 0 bridgehead atoms. The van der Waals surface area contributed by atoms with Crippen LogP contribution in [0.2, 0.25) is 5.02 Å². The quantitative estimate of drug-likeness (QED) is 0.291. The third-order valence-corrected chi connectivity index (χ3v) is 4.86. The van der Waals surface area contributed by atoms with Gasteiger partial charge in [-0.15, -0.1) is 0 Å². The summed E-state index contributed by atoms with van der Waals surface area (Å²) in [4.78, 5) is 59.6. The molecule has 1 unspecified atom stereocenters. The van der Waals surface area contributed by atoms with Gasteiger partial charge in [0.25, 0.3) is 17.5 Å². The van der Waals surface area contributed by atoms with Crippen molar-refractivity contribution >= 4 is 46.8 Å². The Hall–Kier alpha value is -3.99. The van der Waals surface area contributed by atoms with Crippen LogP contribution in [0.4, 0.5) is 16.2 Å². The molecule has 0 saturated heterocycles. The normalized spacial score (nSPS) is 12.3. The number of non-ortho nitro benzene ring substituents is 1. The second kappa shape index (κ2) is 11.8. The number of benzene rings is 2. The van der Waals surface area contributed by atoms with Crippen LogP contribution in [0, 0.1) is 16.0 Å². The first-order chi connectivity index (χ1) is 16.0. The average Bonchev–Trinajstić information content (AvgIpc) is 2.77. The van der Waals surface area contributed by atoms with Gasteiger partial charge >= 0.3 is 12.0 Å². The minimum Gasteiger partial charge on any atom is -0.451 e. The molecule has 0 aliphatic rings. The van der Waals surface area contributed by atoms with Crippen LogP contribution in [-0.2, 0) is 14.3 Å². The monoisotopic (exact) mass is 490 g/mol. The number of carbonyl (C=O) groups excluding carboxylic acids is 4. The van der Waals surface area contributed by atoms with Gasteiger partial charge in [-0.2, -0.15) is 0 Å². The minimum atomic E-state index is -1.34. The molecule has 2 atom stereocenters. The highest BCUT2D eigenvalue weighted by molar-refractivity contribution is 6.34. The van der Waals surface area contributed by atoms with Crippen LogP contribution >= 0.6 is 11.6 Å². The lowest BCUT2D eigenvalue weighted by molar-refractivity contribution is -0.384. The molecule has 0 radical (unpaired) electrons. The summed E-state index contributed by atoms with van der Waals surface area (Å²) in [5.41, 5.74) is 0.0940. The van der Waals surface area contributed by atoms with Gasteiger partial charge in [0.1, 0.15) is 6.04 Å². The van der Waals surface area contributed by atoms with E-state index in [0.29, 0.717) is 5.69 Å². The largest absolute Gasteiger partial charge is 0.451 e. The molecule has 2 aromatic carbocycles. The molecule has 0 aliphatic carbocycles. The summed E-state index contributed by atoms with van der Waals surface area (Å²) >= 11 is 5.97. The molecule has 4 amide bonds. The number of urea groups is 1. The van der Waals surface area contributed by atoms with Gasteiger partial charge in [-0.3, -0.25) is 25.0 Å². The number of nitrogens with one attached hydrogen (secondary N) is 3. The highest BCUT2D eigenvalue weighted by Gasteiger charge is 2.30. The maximum absolute atomic E-state index is 12.6. The van der Waals surface area contributed by atoms with Gasteiger partial charge in [-0.1, -0.05) is 43.6 Å². The number of imide groups is 1. The molecular weight excluding hydrogens is 468 g/mol. The molecule has 180 valence electrons. The van der Waals surface area contributed by atoms with Crippen molar-refractivity contribution in [1.82, 2.24) is 10.6 Å². The fraction of sp³-hybridized carbons (Fsp3) is 0.273. The Bertz CT molecular complexity index is 1090. The lowest BCUT2D eigenvalue weighted by atomic mass is 10.0. The molecule has 2 aromatic rings. The van der Waals surface area contributed by atoms with Gasteiger partial charge in [-0.25, -0.2) is 9.59 Å². The Morgan fingerprint density at radius 1 is 1.03 bits per heavy atom. The summed E-state index contributed by atoms with van der Waals surface area (Å²) in [5.74, 6) is -2.97. The first-order valence-corrected chi connectivity index (χ1v) is 10.5. The van der Waals surface area contributed by atoms with Crippen LogP contribution < -0.4 is 16.0 Å². The topological polar surface area (TPSA) is 157 Å². The third-order valence-electron chi connectivity index (χ3n) is 4.55. The number of rotatable bonds is 8. The van der Waals surface area contributed by atoms with Crippen molar-refractivity contribution in [2.45, 2.75) is 32.9 Å². The number of nitro benzene ring substituents is 1. The first kappa shape index (κ1) is 26.3. The number of ether oxygens (including phenoxy) is 1. The molecule has 0 heterocycles. The number of hydrogen-bond acceptors (Lipinski definition) is 7. The lowest BCUT2D eigenvalue weighted by Crippen LogP contribution is -2.48. The smallest absolute Gasteiger partial charge is 0.329 e. The second-order valence-corrected chi connectivity index (χ2v) is 7.91. The van der Waals surface area contributed by atoms with Crippen molar-refractivity contribution in [2.24, 2.45) is 5.92 Å². The zero-order valence-electron chi connectivity index (χ0n) is 18.5. The Morgan fingerprint density at radius 2 is 1.68 bits per heavy atom. The summed E-state index contributed by atoms with van der Waals surface area (Å²) in [7, 11) is 0. The number of hydrogen-bond donors (Lipinski definition) is 3. The first-order valence-electron chi connectivity index (χ1n) is 10.1. The van der Waals surface area contributed by atoms with Crippen LogP contribution in [-0.4, -0.2) is 40.9 Å². The number of esters is 1. The van der Waals surface area contributed by atoms with E-state index in [1.54, 1.807) is 44.2 Å². The Balaban J connectivity index is 1.99. The van der Waals surface area contributed by atoms with Gasteiger partial charge in [0.2, 0.25) is 0 Å². The van der Waals surface area contributed by atoms with Crippen molar-refractivity contribution in [3.8, 4) is 0 Å². The molecule has 2 rings (SSSR count). The summed E-state index contributed by atoms with van der Waals surface area (Å²) in [6.45, 7) is 4.55. The minimum absolute atomic E-state index is 0.0749. The molecular formula is C22H23ClN4O7. The molecule has 12 heteroatoms. The van der Waals surface area contributed by atoms with Crippen molar-refractivity contribution in [3.05, 3.63) is 69.2 Å². The average molecular weight is 491 g/mol. The standard InChI is InChI=1S/C22H23ClN4O7/c1-12(2)18(25-20(29)16-10-9-15(27(32)33)11-17(16)23)21(30)34-13(3)19(28)26-22(31)24-14-7-5-4-6-8-14/h4-13,18H,1-3H3,(H,25,29)(H2,24,26,28,31)/t13?,18-/m0/s1. The predicted molar refractivity (Wildman–Crippen MR) is 123 cm³/mol. The number of carbonyl (C=O) groups is 4. The van der Waals surface area contributed by atoms with Crippen molar-refractivity contribution in [2.75, 3.05) is 5.32 Å². The van der Waals surface area contributed by atoms with Crippen molar-refractivity contribution < 1.29 is 28.8 Å². The van der Waals surface area contributed by atoms with Gasteiger partial charge in [0.15, 0.2) is 6.10 Å². The molecule has 0 aromatic heterocycles. The highest BCUT2D eigenvalue weighted by Crippen LogP contribution is 2.23. The van der Waals surface area contributed by atoms with Gasteiger partial charge in [0.05, 0.1) is 15.5 Å². The van der Waals surface area contributed by atoms with Gasteiger partial charge in [0, 0.05) is 17.8 Å². The van der Waals surface area contributed by atoms with E-state index in [1.807, 2.05) is 0 Å².